The SMILES string of the molecule is COc1ccc(Cc2noc(C3CCS(=O)(=O)C34CN(C3CCCC3)C4)n2)cc1. The molecule has 1 aliphatic carbocycles. The number of benzene rings is 1. The van der Waals surface area contributed by atoms with Crippen LogP contribution < -0.4 is 4.74 Å². The third-order valence-corrected chi connectivity index (χ3v) is 9.57. The van der Waals surface area contributed by atoms with E-state index in [4.69, 9.17) is 9.26 Å². The van der Waals surface area contributed by atoms with Crippen LogP contribution in [0.2, 0.25) is 0 Å². The molecular weight excluding hydrogens is 390 g/mol. The van der Waals surface area contributed by atoms with E-state index in [9.17, 15) is 8.42 Å². The van der Waals surface area contributed by atoms with Crippen LogP contribution in [0.3, 0.4) is 0 Å². The molecule has 5 rings (SSSR count). The van der Waals surface area contributed by atoms with Crippen LogP contribution in [-0.2, 0) is 16.3 Å². The summed E-state index contributed by atoms with van der Waals surface area (Å²) in [6, 6.07) is 8.30. The zero-order valence-electron chi connectivity index (χ0n) is 16.7. The Hall–Kier alpha value is -1.93. The molecule has 1 unspecified atom stereocenters. The molecule has 1 atom stereocenters. The number of nitrogens with zero attached hydrogens (tertiary/aromatic N) is 3. The summed E-state index contributed by atoms with van der Waals surface area (Å²) in [6.07, 6.45) is 6.01. The molecule has 0 N–H and O–H groups in total. The number of methoxy groups -OCH3 is 1. The minimum atomic E-state index is -3.15. The largest absolute Gasteiger partial charge is 0.497 e. The van der Waals surface area contributed by atoms with Crippen LogP contribution in [0.15, 0.2) is 28.8 Å². The first-order chi connectivity index (χ1) is 14.0. The van der Waals surface area contributed by atoms with Gasteiger partial charge in [-0.3, -0.25) is 4.90 Å². The number of hydrogen-bond donors (Lipinski definition) is 0. The van der Waals surface area contributed by atoms with Crippen LogP contribution in [0.5, 0.6) is 5.75 Å². The molecule has 1 aromatic heterocycles. The second-order valence-electron chi connectivity index (χ2n) is 8.64. The number of sulfone groups is 1. The zero-order valence-corrected chi connectivity index (χ0v) is 17.5. The van der Waals surface area contributed by atoms with E-state index in [2.05, 4.69) is 15.0 Å². The van der Waals surface area contributed by atoms with E-state index in [0.29, 0.717) is 43.7 Å². The molecule has 1 aromatic carbocycles. The lowest BCUT2D eigenvalue weighted by molar-refractivity contribution is 0.0558. The van der Waals surface area contributed by atoms with Crippen molar-refractivity contribution in [1.82, 2.24) is 15.0 Å². The maximum Gasteiger partial charge on any atom is 0.231 e. The first-order valence-corrected chi connectivity index (χ1v) is 12.1. The van der Waals surface area contributed by atoms with Crippen molar-refractivity contribution in [3.63, 3.8) is 0 Å². The molecular formula is C21H27N3O4S. The Morgan fingerprint density at radius 1 is 1.17 bits per heavy atom. The molecule has 2 aliphatic heterocycles. The van der Waals surface area contributed by atoms with Gasteiger partial charge in [0.2, 0.25) is 5.89 Å². The van der Waals surface area contributed by atoms with E-state index in [1.807, 2.05) is 24.3 Å². The average Bonchev–Trinajstić information content (AvgIpc) is 3.40. The second-order valence-corrected chi connectivity index (χ2v) is 11.1. The number of likely N-dealkylation sites (tertiary alicyclic amines) is 1. The van der Waals surface area contributed by atoms with E-state index in [-0.39, 0.29) is 11.7 Å². The average molecular weight is 418 g/mol. The number of hydrogen-bond acceptors (Lipinski definition) is 7. The fraction of sp³-hybridized carbons (Fsp3) is 0.619. The number of rotatable bonds is 5. The lowest BCUT2D eigenvalue weighted by Gasteiger charge is -2.51. The summed E-state index contributed by atoms with van der Waals surface area (Å²) in [7, 11) is -1.51. The van der Waals surface area contributed by atoms with Crippen molar-refractivity contribution in [2.24, 2.45) is 0 Å². The smallest absolute Gasteiger partial charge is 0.231 e. The molecule has 0 radical (unpaired) electrons. The van der Waals surface area contributed by atoms with Crippen LogP contribution in [0.4, 0.5) is 0 Å². The third-order valence-electron chi connectivity index (χ3n) is 7.02. The summed E-state index contributed by atoms with van der Waals surface area (Å²) in [4.78, 5) is 6.96. The fourth-order valence-corrected chi connectivity index (χ4v) is 7.63. The maximum absolute atomic E-state index is 12.9. The van der Waals surface area contributed by atoms with Gasteiger partial charge >= 0.3 is 0 Å². The van der Waals surface area contributed by atoms with Gasteiger partial charge in [0, 0.05) is 25.6 Å². The van der Waals surface area contributed by atoms with Crippen molar-refractivity contribution in [1.29, 1.82) is 0 Å². The predicted octanol–water partition coefficient (Wildman–Crippen LogP) is 2.57. The highest BCUT2D eigenvalue weighted by molar-refractivity contribution is 7.93. The maximum atomic E-state index is 12.9. The van der Waals surface area contributed by atoms with Crippen LogP contribution in [0.25, 0.3) is 0 Å². The molecule has 156 valence electrons. The molecule has 0 bridgehead atoms. The highest BCUT2D eigenvalue weighted by Crippen LogP contribution is 2.51. The Kier molecular flexibility index (Phi) is 4.66. The molecule has 3 heterocycles. The highest BCUT2D eigenvalue weighted by atomic mass is 32.2. The highest BCUT2D eigenvalue weighted by Gasteiger charge is 2.64. The first kappa shape index (κ1) is 19.1. The Morgan fingerprint density at radius 3 is 2.59 bits per heavy atom. The van der Waals surface area contributed by atoms with Gasteiger partial charge in [0.05, 0.1) is 18.8 Å². The summed E-state index contributed by atoms with van der Waals surface area (Å²) in [5.41, 5.74) is 1.06. The Bertz CT molecular complexity index is 974. The van der Waals surface area contributed by atoms with E-state index in [1.54, 1.807) is 7.11 Å². The van der Waals surface area contributed by atoms with Gasteiger partial charge in [0.15, 0.2) is 15.7 Å². The van der Waals surface area contributed by atoms with Gasteiger partial charge in [-0.25, -0.2) is 8.42 Å². The van der Waals surface area contributed by atoms with Gasteiger partial charge in [-0.05, 0) is 37.0 Å². The van der Waals surface area contributed by atoms with Gasteiger partial charge in [-0.2, -0.15) is 4.98 Å². The van der Waals surface area contributed by atoms with Crippen molar-refractivity contribution >= 4 is 9.84 Å². The predicted molar refractivity (Wildman–Crippen MR) is 108 cm³/mol. The van der Waals surface area contributed by atoms with Gasteiger partial charge < -0.3 is 9.26 Å². The van der Waals surface area contributed by atoms with Crippen molar-refractivity contribution < 1.29 is 17.7 Å². The van der Waals surface area contributed by atoms with Crippen molar-refractivity contribution in [2.45, 2.75) is 55.2 Å². The van der Waals surface area contributed by atoms with Crippen LogP contribution in [0.1, 0.15) is 55.3 Å². The molecule has 2 aromatic rings. The van der Waals surface area contributed by atoms with Gasteiger partial charge in [0.1, 0.15) is 10.5 Å². The van der Waals surface area contributed by atoms with Crippen LogP contribution >= 0.6 is 0 Å². The van der Waals surface area contributed by atoms with Crippen LogP contribution in [0, 0.1) is 0 Å². The van der Waals surface area contributed by atoms with Gasteiger partial charge in [-0.15, -0.1) is 0 Å². The molecule has 7 nitrogen and oxygen atoms in total. The Balaban J connectivity index is 1.33. The molecule has 29 heavy (non-hydrogen) atoms. The minimum Gasteiger partial charge on any atom is -0.497 e. The normalized spacial score (nSPS) is 26.0. The van der Waals surface area contributed by atoms with Gasteiger partial charge in [-0.1, -0.05) is 30.1 Å². The van der Waals surface area contributed by atoms with Crippen LogP contribution in [-0.4, -0.2) is 60.2 Å². The van der Waals surface area contributed by atoms with Crippen molar-refractivity contribution in [3.05, 3.63) is 41.5 Å². The Labute approximate surface area is 171 Å². The monoisotopic (exact) mass is 417 g/mol. The number of ether oxygens (including phenoxy) is 1. The molecule has 0 amide bonds. The van der Waals surface area contributed by atoms with Crippen molar-refractivity contribution in [3.8, 4) is 5.75 Å². The number of aromatic nitrogens is 2. The van der Waals surface area contributed by atoms with E-state index >= 15 is 0 Å². The lowest BCUT2D eigenvalue weighted by atomic mass is 9.82. The summed E-state index contributed by atoms with van der Waals surface area (Å²) < 4.78 is 35.9. The summed E-state index contributed by atoms with van der Waals surface area (Å²) in [6.45, 7) is 1.22. The zero-order chi connectivity index (χ0) is 20.1. The van der Waals surface area contributed by atoms with Gasteiger partial charge in [0.25, 0.3) is 0 Å². The van der Waals surface area contributed by atoms with E-state index in [1.165, 1.54) is 25.7 Å². The summed E-state index contributed by atoms with van der Waals surface area (Å²) in [5, 5.41) is 4.14. The lowest BCUT2D eigenvalue weighted by Crippen LogP contribution is -2.68. The molecule has 3 fully saturated rings. The molecule has 2 saturated heterocycles. The van der Waals surface area contributed by atoms with Crippen molar-refractivity contribution in [2.75, 3.05) is 26.0 Å². The second kappa shape index (κ2) is 7.09. The molecule has 1 spiro atoms. The minimum absolute atomic E-state index is 0.192. The van der Waals surface area contributed by atoms with E-state index < -0.39 is 14.6 Å². The molecule has 1 saturated carbocycles. The summed E-state index contributed by atoms with van der Waals surface area (Å²) in [5.74, 6) is 1.91. The first-order valence-electron chi connectivity index (χ1n) is 10.4. The third kappa shape index (κ3) is 3.17. The topological polar surface area (TPSA) is 85.5 Å². The fourth-order valence-electron chi connectivity index (χ4n) is 5.30. The molecule has 8 heteroatoms. The van der Waals surface area contributed by atoms with E-state index in [0.717, 1.165) is 11.3 Å². The summed E-state index contributed by atoms with van der Waals surface area (Å²) >= 11 is 0. The standard InChI is InChI=1S/C21H27N3O4S/c1-27-17-8-6-15(7-9-17)12-19-22-20(28-23-19)18-10-11-29(25,26)21(18)13-24(14-21)16-4-2-3-5-16/h6-9,16,18H,2-5,10-14H2,1H3. The quantitative estimate of drug-likeness (QED) is 0.739. The Morgan fingerprint density at radius 2 is 1.90 bits per heavy atom. The molecule has 3 aliphatic rings.